The Morgan fingerprint density at radius 1 is 1.21 bits per heavy atom. The highest BCUT2D eigenvalue weighted by Crippen LogP contribution is 2.28. The van der Waals surface area contributed by atoms with Crippen LogP contribution in [0.3, 0.4) is 0 Å². The number of hydrogen-bond donors (Lipinski definition) is 3. The number of imidazole rings is 1. The molecule has 5 nitrogen and oxygen atoms in total. The Morgan fingerprint density at radius 2 is 2.05 bits per heavy atom. The molecule has 0 amide bonds. The van der Waals surface area contributed by atoms with Crippen LogP contribution in [0.1, 0.15) is 0 Å². The molecule has 0 aliphatic carbocycles. The van der Waals surface area contributed by atoms with Crippen molar-refractivity contribution >= 4 is 38.6 Å². The summed E-state index contributed by atoms with van der Waals surface area (Å²) in [7, 11) is 1.83. The van der Waals surface area contributed by atoms with E-state index in [1.165, 1.54) is 0 Å². The fourth-order valence-corrected chi connectivity index (χ4v) is 2.25. The van der Waals surface area contributed by atoms with Gasteiger partial charge in [0.25, 0.3) is 0 Å². The molecular formula is C13H12BrN5. The molecule has 96 valence electrons. The van der Waals surface area contributed by atoms with E-state index in [0.717, 1.165) is 27.2 Å². The number of benzene rings is 1. The number of rotatable bonds is 2. The van der Waals surface area contributed by atoms with Crippen LogP contribution in [-0.4, -0.2) is 22.0 Å². The van der Waals surface area contributed by atoms with Gasteiger partial charge in [-0.05, 0) is 30.3 Å². The first-order valence-electron chi connectivity index (χ1n) is 5.77. The molecule has 4 N–H and O–H groups in total. The molecule has 0 saturated heterocycles. The van der Waals surface area contributed by atoms with Crippen LogP contribution in [-0.2, 0) is 0 Å². The van der Waals surface area contributed by atoms with Gasteiger partial charge < -0.3 is 16.0 Å². The molecule has 3 aromatic rings. The smallest absolute Gasteiger partial charge is 0.180 e. The van der Waals surface area contributed by atoms with Gasteiger partial charge in [0.1, 0.15) is 11.6 Å². The highest BCUT2D eigenvalue weighted by Gasteiger charge is 2.10. The number of nitrogens with zero attached hydrogens (tertiary/aromatic N) is 2. The molecule has 3 rings (SSSR count). The van der Waals surface area contributed by atoms with Crippen molar-refractivity contribution in [2.45, 2.75) is 0 Å². The van der Waals surface area contributed by atoms with Gasteiger partial charge in [0, 0.05) is 22.8 Å². The molecule has 2 heterocycles. The number of fused-ring (bicyclic) bond motifs is 1. The maximum absolute atomic E-state index is 5.99. The summed E-state index contributed by atoms with van der Waals surface area (Å²) in [6.45, 7) is 0. The maximum atomic E-state index is 5.99. The van der Waals surface area contributed by atoms with Crippen LogP contribution >= 0.6 is 15.9 Å². The molecule has 0 fully saturated rings. The fourth-order valence-electron chi connectivity index (χ4n) is 1.89. The Balaban J connectivity index is 2.17. The van der Waals surface area contributed by atoms with Gasteiger partial charge >= 0.3 is 0 Å². The molecular weight excluding hydrogens is 306 g/mol. The molecule has 1 aromatic carbocycles. The lowest BCUT2D eigenvalue weighted by Gasteiger charge is -2.02. The van der Waals surface area contributed by atoms with E-state index in [0.29, 0.717) is 11.3 Å². The quantitative estimate of drug-likeness (QED) is 0.635. The van der Waals surface area contributed by atoms with Gasteiger partial charge in [0.05, 0.1) is 5.52 Å². The first-order chi connectivity index (χ1) is 9.17. The van der Waals surface area contributed by atoms with Crippen LogP contribution in [0, 0.1) is 0 Å². The van der Waals surface area contributed by atoms with Gasteiger partial charge in [-0.3, -0.25) is 0 Å². The van der Waals surface area contributed by atoms with E-state index in [2.05, 4.69) is 36.2 Å². The summed E-state index contributed by atoms with van der Waals surface area (Å²) in [5.41, 5.74) is 9.07. The zero-order valence-electron chi connectivity index (χ0n) is 10.2. The minimum absolute atomic E-state index is 0.668. The fraction of sp³-hybridized carbons (Fsp3) is 0.0769. The number of hydrogen-bond acceptors (Lipinski definition) is 4. The zero-order chi connectivity index (χ0) is 13.4. The molecule has 0 spiro atoms. The van der Waals surface area contributed by atoms with Crippen molar-refractivity contribution < 1.29 is 0 Å². The summed E-state index contributed by atoms with van der Waals surface area (Å²) in [6, 6.07) is 9.53. The van der Waals surface area contributed by atoms with E-state index in [4.69, 9.17) is 5.73 Å². The van der Waals surface area contributed by atoms with Gasteiger partial charge in [-0.25, -0.2) is 9.97 Å². The van der Waals surface area contributed by atoms with E-state index in [9.17, 15) is 0 Å². The summed E-state index contributed by atoms with van der Waals surface area (Å²) in [5, 5.41) is 2.99. The van der Waals surface area contributed by atoms with E-state index in [-0.39, 0.29) is 0 Å². The molecule has 0 aliphatic rings. The summed E-state index contributed by atoms with van der Waals surface area (Å²) in [5.74, 6) is 1.50. The number of nitrogens with two attached hydrogens (primary N) is 1. The largest absolute Gasteiger partial charge is 0.398 e. The van der Waals surface area contributed by atoms with Gasteiger partial charge in [-0.1, -0.05) is 15.9 Å². The minimum Gasteiger partial charge on any atom is -0.398 e. The maximum Gasteiger partial charge on any atom is 0.180 e. The highest BCUT2D eigenvalue weighted by molar-refractivity contribution is 9.10. The number of nitrogens with one attached hydrogen (secondary N) is 2. The normalized spacial score (nSPS) is 10.8. The average molecular weight is 318 g/mol. The van der Waals surface area contributed by atoms with Gasteiger partial charge in [0.2, 0.25) is 0 Å². The van der Waals surface area contributed by atoms with Crippen molar-refractivity contribution in [3.63, 3.8) is 0 Å². The van der Waals surface area contributed by atoms with E-state index >= 15 is 0 Å². The average Bonchev–Trinajstić information content (AvgIpc) is 2.83. The van der Waals surface area contributed by atoms with Crippen LogP contribution < -0.4 is 11.1 Å². The Kier molecular flexibility index (Phi) is 2.87. The Hall–Kier alpha value is -2.08. The standard InChI is InChI=1S/C13H12BrN5/c1-16-11-5-4-10-13(18-11)19-12(17-10)8-6-7(14)2-3-9(8)15/h2-6H,15H2,1H3,(H2,16,17,18,19). The monoisotopic (exact) mass is 317 g/mol. The Bertz CT molecular complexity index is 750. The van der Waals surface area contributed by atoms with Crippen molar-refractivity contribution in [3.8, 4) is 11.4 Å². The van der Waals surface area contributed by atoms with E-state index in [1.54, 1.807) is 0 Å². The van der Waals surface area contributed by atoms with Crippen LogP contribution in [0.2, 0.25) is 0 Å². The number of nitrogen functional groups attached to an aromatic ring is 1. The molecule has 0 atom stereocenters. The topological polar surface area (TPSA) is 79.6 Å². The summed E-state index contributed by atoms with van der Waals surface area (Å²) >= 11 is 3.44. The third kappa shape index (κ3) is 2.15. The second-order valence-corrected chi connectivity index (χ2v) is 5.05. The minimum atomic E-state index is 0.668. The third-order valence-electron chi connectivity index (χ3n) is 2.87. The molecule has 0 radical (unpaired) electrons. The van der Waals surface area contributed by atoms with Crippen molar-refractivity contribution in [1.82, 2.24) is 15.0 Å². The highest BCUT2D eigenvalue weighted by atomic mass is 79.9. The zero-order valence-corrected chi connectivity index (χ0v) is 11.8. The molecule has 2 aromatic heterocycles. The molecule has 6 heteroatoms. The van der Waals surface area contributed by atoms with Crippen LogP contribution in [0.25, 0.3) is 22.6 Å². The van der Waals surface area contributed by atoms with Gasteiger partial charge in [-0.2, -0.15) is 0 Å². The second-order valence-electron chi connectivity index (χ2n) is 4.13. The van der Waals surface area contributed by atoms with E-state index < -0.39 is 0 Å². The first-order valence-corrected chi connectivity index (χ1v) is 6.56. The molecule has 0 saturated carbocycles. The molecule has 0 bridgehead atoms. The summed E-state index contributed by atoms with van der Waals surface area (Å²) in [6.07, 6.45) is 0. The van der Waals surface area contributed by atoms with Gasteiger partial charge in [0.15, 0.2) is 5.65 Å². The lowest BCUT2D eigenvalue weighted by Crippen LogP contribution is -1.91. The Morgan fingerprint density at radius 3 is 2.84 bits per heavy atom. The summed E-state index contributed by atoms with van der Waals surface area (Å²) < 4.78 is 0.959. The molecule has 0 unspecified atom stereocenters. The Labute approximate surface area is 118 Å². The number of anilines is 2. The van der Waals surface area contributed by atoms with Crippen molar-refractivity contribution in [1.29, 1.82) is 0 Å². The van der Waals surface area contributed by atoms with Crippen molar-refractivity contribution in [3.05, 3.63) is 34.8 Å². The second kappa shape index (κ2) is 4.55. The van der Waals surface area contributed by atoms with Crippen LogP contribution in [0.5, 0.6) is 0 Å². The molecule has 19 heavy (non-hydrogen) atoms. The number of halogens is 1. The number of pyridine rings is 1. The van der Waals surface area contributed by atoms with E-state index in [1.807, 2.05) is 37.4 Å². The number of aromatic amines is 1. The molecule has 0 aliphatic heterocycles. The van der Waals surface area contributed by atoms with Crippen molar-refractivity contribution in [2.24, 2.45) is 0 Å². The lowest BCUT2D eigenvalue weighted by atomic mass is 10.2. The van der Waals surface area contributed by atoms with Crippen molar-refractivity contribution in [2.75, 3.05) is 18.1 Å². The first kappa shape index (κ1) is 12.0. The predicted octanol–water partition coefficient (Wildman–Crippen LogP) is 3.01. The van der Waals surface area contributed by atoms with Crippen LogP contribution in [0.4, 0.5) is 11.5 Å². The third-order valence-corrected chi connectivity index (χ3v) is 3.37. The SMILES string of the molecule is CNc1ccc2[nH]c(-c3cc(Br)ccc3N)nc2n1. The van der Waals surface area contributed by atoms with Crippen LogP contribution in [0.15, 0.2) is 34.8 Å². The number of H-pyrrole nitrogens is 1. The predicted molar refractivity (Wildman–Crippen MR) is 81.0 cm³/mol. The number of aromatic nitrogens is 3. The van der Waals surface area contributed by atoms with Gasteiger partial charge in [-0.15, -0.1) is 0 Å². The summed E-state index contributed by atoms with van der Waals surface area (Å²) in [4.78, 5) is 12.1. The lowest BCUT2D eigenvalue weighted by molar-refractivity contribution is 1.28.